The van der Waals surface area contributed by atoms with E-state index in [-0.39, 0.29) is 16.7 Å². The summed E-state index contributed by atoms with van der Waals surface area (Å²) >= 11 is 7.05. The van der Waals surface area contributed by atoms with Crippen LogP contribution in [0.3, 0.4) is 0 Å². The Morgan fingerprint density at radius 2 is 2.08 bits per heavy atom. The van der Waals surface area contributed by atoms with Crippen LogP contribution in [0.5, 0.6) is 0 Å². The van der Waals surface area contributed by atoms with Gasteiger partial charge in [-0.25, -0.2) is 13.1 Å². The average molecular weight is 412 g/mol. The predicted molar refractivity (Wildman–Crippen MR) is 98.0 cm³/mol. The second-order valence-corrected chi connectivity index (χ2v) is 9.40. The number of nitrogens with zero attached hydrogens (tertiary/aromatic N) is 1. The number of benzene rings is 1. The van der Waals surface area contributed by atoms with Crippen LogP contribution in [0.15, 0.2) is 39.9 Å². The average Bonchev–Trinajstić information content (AvgIpc) is 3.22. The van der Waals surface area contributed by atoms with Crippen LogP contribution in [0.2, 0.25) is 5.02 Å². The number of halogens is 1. The smallest absolute Gasteiger partial charge is 0.256 e. The Bertz CT molecular complexity index is 991. The normalized spacial score (nSPS) is 22.6. The molecule has 0 radical (unpaired) electrons. The molecule has 1 saturated heterocycles. The number of carbonyl (C=O) groups is 2. The fourth-order valence-corrected chi connectivity index (χ4v) is 5.77. The second kappa shape index (κ2) is 6.34. The van der Waals surface area contributed by atoms with Crippen molar-refractivity contribution in [1.82, 2.24) is 9.62 Å². The number of hydrogen-bond donors (Lipinski definition) is 2. The zero-order valence-electron chi connectivity index (χ0n) is 13.3. The van der Waals surface area contributed by atoms with E-state index in [4.69, 9.17) is 11.6 Å². The quantitative estimate of drug-likeness (QED) is 0.806. The highest BCUT2D eigenvalue weighted by Crippen LogP contribution is 2.31. The van der Waals surface area contributed by atoms with Gasteiger partial charge in [-0.3, -0.25) is 9.59 Å². The lowest BCUT2D eigenvalue weighted by Gasteiger charge is -2.24. The molecule has 10 heteroatoms. The molecule has 2 aromatic rings. The van der Waals surface area contributed by atoms with Crippen LogP contribution >= 0.6 is 22.9 Å². The van der Waals surface area contributed by atoms with Crippen molar-refractivity contribution in [3.8, 4) is 0 Å². The summed E-state index contributed by atoms with van der Waals surface area (Å²) in [5.74, 6) is -0.756. The van der Waals surface area contributed by atoms with Gasteiger partial charge < -0.3 is 10.2 Å². The summed E-state index contributed by atoms with van der Waals surface area (Å²) in [6.07, 6.45) is 0.358. The lowest BCUT2D eigenvalue weighted by molar-refractivity contribution is -0.120. The van der Waals surface area contributed by atoms with E-state index in [1.807, 2.05) is 0 Å². The fraction of sp³-hybridized carbons (Fsp3) is 0.250. The van der Waals surface area contributed by atoms with Gasteiger partial charge in [0, 0.05) is 11.6 Å². The summed E-state index contributed by atoms with van der Waals surface area (Å²) in [5.41, 5.74) is 0.675. The number of hydrogen-bond acceptors (Lipinski definition) is 5. The summed E-state index contributed by atoms with van der Waals surface area (Å²) in [5, 5.41) is 4.76. The molecular formula is C16H14ClN3O4S2. The van der Waals surface area contributed by atoms with Gasteiger partial charge in [0.1, 0.15) is 10.3 Å². The van der Waals surface area contributed by atoms with E-state index >= 15 is 0 Å². The van der Waals surface area contributed by atoms with Gasteiger partial charge in [-0.15, -0.1) is 11.3 Å². The Kier molecular flexibility index (Phi) is 4.26. The minimum absolute atomic E-state index is 0.173. The lowest BCUT2D eigenvalue weighted by atomic mass is 10.1. The zero-order chi connectivity index (χ0) is 18.5. The molecule has 0 saturated carbocycles. The first kappa shape index (κ1) is 17.5. The zero-order valence-corrected chi connectivity index (χ0v) is 15.7. The molecule has 26 heavy (non-hydrogen) atoms. The van der Waals surface area contributed by atoms with Crippen molar-refractivity contribution in [2.75, 3.05) is 11.9 Å². The molecule has 7 nitrogen and oxygen atoms in total. The van der Waals surface area contributed by atoms with Gasteiger partial charge in [0.05, 0.1) is 17.3 Å². The maximum atomic E-state index is 12.8. The molecule has 1 fully saturated rings. The number of carbonyl (C=O) groups excluding carboxylic acids is 2. The Hall–Kier alpha value is -1.94. The van der Waals surface area contributed by atoms with E-state index < -0.39 is 28.0 Å². The van der Waals surface area contributed by atoms with Crippen molar-refractivity contribution < 1.29 is 18.0 Å². The highest BCUT2D eigenvalue weighted by molar-refractivity contribution is 7.91. The highest BCUT2D eigenvalue weighted by atomic mass is 35.5. The molecule has 0 aliphatic carbocycles. The minimum atomic E-state index is -3.75. The first-order valence-corrected chi connectivity index (χ1v) is 10.6. The van der Waals surface area contributed by atoms with Crippen molar-refractivity contribution >= 4 is 50.5 Å². The summed E-state index contributed by atoms with van der Waals surface area (Å²) in [4.78, 5) is 27.0. The van der Waals surface area contributed by atoms with E-state index in [9.17, 15) is 18.0 Å². The molecule has 1 aromatic carbocycles. The molecule has 2 amide bonds. The molecule has 1 aromatic heterocycles. The number of fused-ring (bicyclic) bond motifs is 2. The van der Waals surface area contributed by atoms with Crippen LogP contribution in [0.1, 0.15) is 16.8 Å². The van der Waals surface area contributed by atoms with Crippen molar-refractivity contribution in [2.45, 2.75) is 22.7 Å². The third-order valence-electron chi connectivity index (χ3n) is 4.46. The van der Waals surface area contributed by atoms with E-state index in [2.05, 4.69) is 10.0 Å². The van der Waals surface area contributed by atoms with Crippen LogP contribution in [0.25, 0.3) is 0 Å². The monoisotopic (exact) mass is 411 g/mol. The first-order chi connectivity index (χ1) is 12.4. The van der Waals surface area contributed by atoms with Gasteiger partial charge in [0.2, 0.25) is 15.9 Å². The van der Waals surface area contributed by atoms with Crippen LogP contribution in [0, 0.1) is 0 Å². The standard InChI is InChI=1S/C16H14ClN3O4S2/c17-9-3-4-10-12(8-9)18-15(21)14-11(5-6-20(14)16(10)22)19-26(23,24)13-2-1-7-25-13/h1-4,7-8,11,14,19H,5-6H2,(H,18,21). The summed E-state index contributed by atoms with van der Waals surface area (Å²) in [6, 6.07) is 6.18. The van der Waals surface area contributed by atoms with E-state index in [0.717, 1.165) is 11.3 Å². The molecule has 2 unspecified atom stereocenters. The molecular weight excluding hydrogens is 398 g/mol. The molecule has 2 aliphatic rings. The maximum Gasteiger partial charge on any atom is 0.256 e. The fourth-order valence-electron chi connectivity index (χ4n) is 3.31. The van der Waals surface area contributed by atoms with Gasteiger partial charge in [0.15, 0.2) is 0 Å². The van der Waals surface area contributed by atoms with Crippen LogP contribution in [0.4, 0.5) is 5.69 Å². The largest absolute Gasteiger partial charge is 0.325 e. The number of amides is 2. The number of nitrogens with one attached hydrogen (secondary N) is 2. The molecule has 0 bridgehead atoms. The van der Waals surface area contributed by atoms with Crippen molar-refractivity contribution in [3.05, 3.63) is 46.3 Å². The van der Waals surface area contributed by atoms with Crippen molar-refractivity contribution in [3.63, 3.8) is 0 Å². The minimum Gasteiger partial charge on any atom is -0.325 e. The molecule has 0 spiro atoms. The van der Waals surface area contributed by atoms with Gasteiger partial charge in [-0.2, -0.15) is 0 Å². The molecule has 2 N–H and O–H groups in total. The maximum absolute atomic E-state index is 12.8. The molecule has 136 valence electrons. The third kappa shape index (κ3) is 2.90. The van der Waals surface area contributed by atoms with Crippen LogP contribution < -0.4 is 10.0 Å². The Morgan fingerprint density at radius 3 is 2.81 bits per heavy atom. The summed E-state index contributed by atoms with van der Waals surface area (Å²) in [7, 11) is -3.75. The topological polar surface area (TPSA) is 95.6 Å². The number of sulfonamides is 1. The van der Waals surface area contributed by atoms with Gasteiger partial charge in [-0.1, -0.05) is 17.7 Å². The predicted octanol–water partition coefficient (Wildman–Crippen LogP) is 1.92. The van der Waals surface area contributed by atoms with E-state index in [1.165, 1.54) is 17.0 Å². The van der Waals surface area contributed by atoms with E-state index in [1.54, 1.807) is 23.6 Å². The number of thiophene rings is 1. The molecule has 3 heterocycles. The third-order valence-corrected chi connectivity index (χ3v) is 7.59. The molecule has 2 aliphatic heterocycles. The Balaban J connectivity index is 1.66. The Labute approximate surface area is 159 Å². The molecule has 2 atom stereocenters. The van der Waals surface area contributed by atoms with E-state index in [0.29, 0.717) is 22.7 Å². The summed E-state index contributed by atoms with van der Waals surface area (Å²) in [6.45, 7) is 0.288. The summed E-state index contributed by atoms with van der Waals surface area (Å²) < 4.78 is 27.8. The van der Waals surface area contributed by atoms with Gasteiger partial charge in [-0.05, 0) is 36.1 Å². The van der Waals surface area contributed by atoms with Crippen LogP contribution in [-0.2, 0) is 14.8 Å². The van der Waals surface area contributed by atoms with Gasteiger partial charge >= 0.3 is 0 Å². The molecule has 4 rings (SSSR count). The lowest BCUT2D eigenvalue weighted by Crippen LogP contribution is -2.51. The first-order valence-electron chi connectivity index (χ1n) is 7.84. The number of anilines is 1. The van der Waals surface area contributed by atoms with Gasteiger partial charge in [0.25, 0.3) is 5.91 Å². The highest BCUT2D eigenvalue weighted by Gasteiger charge is 2.46. The Morgan fingerprint density at radius 1 is 1.27 bits per heavy atom. The van der Waals surface area contributed by atoms with Crippen molar-refractivity contribution in [2.24, 2.45) is 0 Å². The SMILES string of the molecule is O=C1Nc2cc(Cl)ccc2C(=O)N2CCC(NS(=O)(=O)c3cccs3)C12. The van der Waals surface area contributed by atoms with Crippen LogP contribution in [-0.4, -0.2) is 43.8 Å². The second-order valence-electron chi connectivity index (χ2n) is 6.07. The van der Waals surface area contributed by atoms with Crippen molar-refractivity contribution in [1.29, 1.82) is 0 Å². The number of rotatable bonds is 3.